The highest BCUT2D eigenvalue weighted by Crippen LogP contribution is 2.35. The molecule has 3 N–H and O–H groups in total. The SMILES string of the molecule is CC(C)Oc1ccccc1C(NN)C1COC(C)C1. The number of nitrogens with two attached hydrogens (primary N) is 1. The highest BCUT2D eigenvalue weighted by atomic mass is 16.5. The average molecular weight is 264 g/mol. The fourth-order valence-electron chi connectivity index (χ4n) is 2.66. The Bertz CT molecular complexity index is 409. The van der Waals surface area contributed by atoms with Gasteiger partial charge in [0.25, 0.3) is 0 Å². The predicted molar refractivity (Wildman–Crippen MR) is 75.8 cm³/mol. The van der Waals surface area contributed by atoms with Crippen LogP contribution < -0.4 is 16.0 Å². The first-order valence-corrected chi connectivity index (χ1v) is 6.95. The quantitative estimate of drug-likeness (QED) is 0.633. The lowest BCUT2D eigenvalue weighted by Crippen LogP contribution is -2.34. The van der Waals surface area contributed by atoms with Crippen LogP contribution in [-0.2, 0) is 4.74 Å². The molecule has 0 aromatic heterocycles. The van der Waals surface area contributed by atoms with Gasteiger partial charge in [0.1, 0.15) is 5.75 Å². The molecule has 1 aliphatic rings. The van der Waals surface area contributed by atoms with Gasteiger partial charge >= 0.3 is 0 Å². The molecule has 0 bridgehead atoms. The first-order chi connectivity index (χ1) is 9.11. The Morgan fingerprint density at radius 2 is 2.11 bits per heavy atom. The smallest absolute Gasteiger partial charge is 0.124 e. The Morgan fingerprint density at radius 3 is 2.68 bits per heavy atom. The summed E-state index contributed by atoms with van der Waals surface area (Å²) in [7, 11) is 0. The van der Waals surface area contributed by atoms with Gasteiger partial charge in [0.2, 0.25) is 0 Å². The normalized spacial score (nSPS) is 24.7. The second kappa shape index (κ2) is 6.37. The molecule has 1 aromatic carbocycles. The van der Waals surface area contributed by atoms with Gasteiger partial charge in [-0.1, -0.05) is 18.2 Å². The molecule has 1 fully saturated rings. The number of ether oxygens (including phenoxy) is 2. The number of nitrogens with one attached hydrogen (secondary N) is 1. The number of para-hydroxylation sites is 1. The summed E-state index contributed by atoms with van der Waals surface area (Å²) in [5.41, 5.74) is 4.05. The Morgan fingerprint density at radius 1 is 1.37 bits per heavy atom. The maximum atomic E-state index is 5.88. The second-order valence-electron chi connectivity index (χ2n) is 5.49. The molecule has 0 aliphatic carbocycles. The lowest BCUT2D eigenvalue weighted by Gasteiger charge is -2.25. The van der Waals surface area contributed by atoms with E-state index >= 15 is 0 Å². The van der Waals surface area contributed by atoms with E-state index in [0.717, 1.165) is 24.3 Å². The van der Waals surface area contributed by atoms with Gasteiger partial charge < -0.3 is 9.47 Å². The van der Waals surface area contributed by atoms with E-state index in [1.54, 1.807) is 0 Å². The molecule has 2 rings (SSSR count). The summed E-state index contributed by atoms with van der Waals surface area (Å²) in [6, 6.07) is 8.15. The van der Waals surface area contributed by atoms with E-state index in [4.69, 9.17) is 15.3 Å². The molecule has 1 aliphatic heterocycles. The third-order valence-electron chi connectivity index (χ3n) is 3.50. The molecular weight excluding hydrogens is 240 g/mol. The summed E-state index contributed by atoms with van der Waals surface area (Å²) >= 11 is 0. The van der Waals surface area contributed by atoms with E-state index in [2.05, 4.69) is 18.4 Å². The maximum Gasteiger partial charge on any atom is 0.124 e. The van der Waals surface area contributed by atoms with Crippen molar-refractivity contribution in [1.82, 2.24) is 5.43 Å². The highest BCUT2D eigenvalue weighted by Gasteiger charge is 2.31. The molecule has 1 aromatic rings. The van der Waals surface area contributed by atoms with Crippen molar-refractivity contribution in [1.29, 1.82) is 0 Å². The topological polar surface area (TPSA) is 56.5 Å². The van der Waals surface area contributed by atoms with Gasteiger partial charge in [-0.2, -0.15) is 0 Å². The largest absolute Gasteiger partial charge is 0.491 e. The molecule has 1 saturated heterocycles. The van der Waals surface area contributed by atoms with Crippen LogP contribution in [0.15, 0.2) is 24.3 Å². The molecule has 0 saturated carbocycles. The van der Waals surface area contributed by atoms with Gasteiger partial charge in [-0.05, 0) is 33.3 Å². The fourth-order valence-corrected chi connectivity index (χ4v) is 2.66. The van der Waals surface area contributed by atoms with Crippen molar-refractivity contribution in [3.05, 3.63) is 29.8 Å². The van der Waals surface area contributed by atoms with Crippen molar-refractivity contribution in [3.8, 4) is 5.75 Å². The van der Waals surface area contributed by atoms with Crippen LogP contribution >= 0.6 is 0 Å². The van der Waals surface area contributed by atoms with Crippen molar-refractivity contribution in [2.24, 2.45) is 11.8 Å². The number of benzene rings is 1. The molecule has 0 spiro atoms. The molecule has 0 amide bonds. The molecule has 4 heteroatoms. The van der Waals surface area contributed by atoms with Gasteiger partial charge in [-0.3, -0.25) is 11.3 Å². The summed E-state index contributed by atoms with van der Waals surface area (Å²) in [5.74, 6) is 7.06. The lowest BCUT2D eigenvalue weighted by atomic mass is 9.91. The molecule has 1 heterocycles. The second-order valence-corrected chi connectivity index (χ2v) is 5.49. The van der Waals surface area contributed by atoms with Crippen molar-refractivity contribution in [2.45, 2.75) is 45.4 Å². The predicted octanol–water partition coefficient (Wildman–Crippen LogP) is 2.40. The van der Waals surface area contributed by atoms with E-state index in [9.17, 15) is 0 Å². The van der Waals surface area contributed by atoms with Crippen molar-refractivity contribution in [2.75, 3.05) is 6.61 Å². The molecule has 4 nitrogen and oxygen atoms in total. The van der Waals surface area contributed by atoms with Crippen molar-refractivity contribution >= 4 is 0 Å². The Balaban J connectivity index is 2.22. The van der Waals surface area contributed by atoms with Gasteiger partial charge in [0, 0.05) is 11.5 Å². The minimum absolute atomic E-state index is 0.0694. The summed E-state index contributed by atoms with van der Waals surface area (Å²) in [6.45, 7) is 6.90. The van der Waals surface area contributed by atoms with Crippen LogP contribution in [-0.4, -0.2) is 18.8 Å². The van der Waals surface area contributed by atoms with Gasteiger partial charge in [-0.25, -0.2) is 0 Å². The molecule has 3 atom stereocenters. The maximum absolute atomic E-state index is 5.88. The van der Waals surface area contributed by atoms with E-state index in [1.165, 1.54) is 0 Å². The number of rotatable bonds is 5. The zero-order valence-corrected chi connectivity index (χ0v) is 11.9. The first kappa shape index (κ1) is 14.3. The molecule has 106 valence electrons. The number of hydrazine groups is 1. The Labute approximate surface area is 115 Å². The van der Waals surface area contributed by atoms with Gasteiger partial charge in [0.05, 0.1) is 24.9 Å². The highest BCUT2D eigenvalue weighted by molar-refractivity contribution is 5.36. The minimum Gasteiger partial charge on any atom is -0.491 e. The summed E-state index contributed by atoms with van der Waals surface area (Å²) in [5, 5.41) is 0. The van der Waals surface area contributed by atoms with Crippen LogP contribution in [0.4, 0.5) is 0 Å². The summed E-state index contributed by atoms with van der Waals surface area (Å²) in [4.78, 5) is 0. The number of hydrogen-bond donors (Lipinski definition) is 2. The number of hydrogen-bond acceptors (Lipinski definition) is 4. The van der Waals surface area contributed by atoms with Crippen molar-refractivity contribution in [3.63, 3.8) is 0 Å². The first-order valence-electron chi connectivity index (χ1n) is 6.95. The van der Waals surface area contributed by atoms with E-state index in [1.807, 2.05) is 32.0 Å². The molecule has 19 heavy (non-hydrogen) atoms. The zero-order valence-electron chi connectivity index (χ0n) is 11.9. The van der Waals surface area contributed by atoms with E-state index in [-0.39, 0.29) is 12.1 Å². The fraction of sp³-hybridized carbons (Fsp3) is 0.600. The monoisotopic (exact) mass is 264 g/mol. The molecule has 0 radical (unpaired) electrons. The van der Waals surface area contributed by atoms with Crippen LogP contribution in [0.2, 0.25) is 0 Å². The third-order valence-corrected chi connectivity index (χ3v) is 3.50. The van der Waals surface area contributed by atoms with Crippen molar-refractivity contribution < 1.29 is 9.47 Å². The van der Waals surface area contributed by atoms with Crippen LogP contribution in [0, 0.1) is 5.92 Å². The van der Waals surface area contributed by atoms with E-state index < -0.39 is 0 Å². The molecular formula is C15H24N2O2. The van der Waals surface area contributed by atoms with Gasteiger partial charge in [-0.15, -0.1) is 0 Å². The van der Waals surface area contributed by atoms with E-state index in [0.29, 0.717) is 12.0 Å². The van der Waals surface area contributed by atoms with Crippen LogP contribution in [0.5, 0.6) is 5.75 Å². The van der Waals surface area contributed by atoms with Crippen LogP contribution in [0.3, 0.4) is 0 Å². The molecule has 3 unspecified atom stereocenters. The van der Waals surface area contributed by atoms with Crippen LogP contribution in [0.25, 0.3) is 0 Å². The van der Waals surface area contributed by atoms with Crippen LogP contribution in [0.1, 0.15) is 38.8 Å². The average Bonchev–Trinajstić information content (AvgIpc) is 2.78. The Kier molecular flexibility index (Phi) is 4.80. The summed E-state index contributed by atoms with van der Waals surface area (Å²) < 4.78 is 11.5. The zero-order chi connectivity index (χ0) is 13.8. The summed E-state index contributed by atoms with van der Waals surface area (Å²) in [6.07, 6.45) is 1.47. The van der Waals surface area contributed by atoms with Gasteiger partial charge in [0.15, 0.2) is 0 Å². The Hall–Kier alpha value is -1.10. The minimum atomic E-state index is 0.0694. The lowest BCUT2D eigenvalue weighted by molar-refractivity contribution is 0.116. The third kappa shape index (κ3) is 3.47. The standard InChI is InChI=1S/C15H24N2O2/c1-10(2)19-14-7-5-4-6-13(14)15(17-16)12-8-11(3)18-9-12/h4-7,10-12,15,17H,8-9,16H2,1-3H3.